The van der Waals surface area contributed by atoms with Gasteiger partial charge in [0.05, 0.1) is 0 Å². The van der Waals surface area contributed by atoms with Gasteiger partial charge in [0, 0.05) is 30.4 Å². The average Bonchev–Trinajstić information content (AvgIpc) is 2.36. The first-order valence-electron chi connectivity index (χ1n) is 8.40. The molecule has 0 aliphatic carbocycles. The lowest BCUT2D eigenvalue weighted by Crippen LogP contribution is -2.48. The van der Waals surface area contributed by atoms with Crippen LogP contribution in [0.5, 0.6) is 0 Å². The van der Waals surface area contributed by atoms with E-state index in [0.29, 0.717) is 12.0 Å². The fraction of sp³-hybridized carbons (Fsp3) is 0.684. The van der Waals surface area contributed by atoms with Gasteiger partial charge < -0.3 is 10.2 Å². The van der Waals surface area contributed by atoms with Gasteiger partial charge in [-0.1, -0.05) is 26.8 Å². The van der Waals surface area contributed by atoms with Crippen LogP contribution in [-0.2, 0) is 6.54 Å². The van der Waals surface area contributed by atoms with Gasteiger partial charge >= 0.3 is 0 Å². The zero-order valence-corrected chi connectivity index (χ0v) is 14.9. The van der Waals surface area contributed by atoms with Gasteiger partial charge in [-0.3, -0.25) is 0 Å². The molecule has 1 aliphatic heterocycles. The van der Waals surface area contributed by atoms with Gasteiger partial charge in [-0.25, -0.2) is 0 Å². The lowest BCUT2D eigenvalue weighted by molar-refractivity contribution is 0.381. The van der Waals surface area contributed by atoms with Gasteiger partial charge in [0.15, 0.2) is 0 Å². The zero-order valence-electron chi connectivity index (χ0n) is 14.9. The lowest BCUT2D eigenvalue weighted by Gasteiger charge is -2.47. The van der Waals surface area contributed by atoms with Crippen LogP contribution in [-0.4, -0.2) is 18.1 Å². The third-order valence-electron chi connectivity index (χ3n) is 4.86. The van der Waals surface area contributed by atoms with Crippen molar-refractivity contribution in [1.29, 1.82) is 0 Å². The number of anilines is 1. The summed E-state index contributed by atoms with van der Waals surface area (Å²) in [5.41, 5.74) is 6.09. The predicted octanol–water partition coefficient (Wildman–Crippen LogP) is 4.61. The summed E-state index contributed by atoms with van der Waals surface area (Å²) >= 11 is 0. The first-order chi connectivity index (χ1) is 9.76. The van der Waals surface area contributed by atoms with E-state index in [1.807, 2.05) is 0 Å². The predicted molar refractivity (Wildman–Crippen MR) is 93.3 cm³/mol. The Hall–Kier alpha value is -1.02. The molecule has 118 valence electrons. The molecule has 0 aromatic heterocycles. The Morgan fingerprint density at radius 3 is 2.57 bits per heavy atom. The first-order valence-corrected chi connectivity index (χ1v) is 8.40. The molecule has 0 radical (unpaired) electrons. The maximum atomic E-state index is 3.55. The molecule has 2 heteroatoms. The Morgan fingerprint density at radius 2 is 2.00 bits per heavy atom. The minimum atomic E-state index is 0.255. The Balaban J connectivity index is 2.41. The topological polar surface area (TPSA) is 15.3 Å². The van der Waals surface area contributed by atoms with Crippen LogP contribution in [0.4, 0.5) is 5.69 Å². The number of benzene rings is 1. The second-order valence-corrected chi connectivity index (χ2v) is 7.53. The van der Waals surface area contributed by atoms with Crippen molar-refractivity contribution >= 4 is 5.69 Å². The standard InChI is InChI=1S/C19H32N2/c1-8-21-18-9-14(4)16(12-20-13(2)3)10-17(18)15(5)11-19(21,6)7/h9-10,13,15,20H,8,11-12H2,1-7H3. The number of aryl methyl sites for hydroxylation is 1. The summed E-state index contributed by atoms with van der Waals surface area (Å²) in [4.78, 5) is 2.58. The molecule has 1 aliphatic rings. The molecule has 1 N–H and O–H groups in total. The molecule has 0 saturated carbocycles. The molecule has 1 atom stereocenters. The maximum absolute atomic E-state index is 3.55. The number of nitrogens with one attached hydrogen (secondary N) is 1. The fourth-order valence-electron chi connectivity index (χ4n) is 3.78. The third-order valence-corrected chi connectivity index (χ3v) is 4.86. The number of rotatable bonds is 4. The molecule has 0 bridgehead atoms. The summed E-state index contributed by atoms with van der Waals surface area (Å²) < 4.78 is 0. The SMILES string of the molecule is CCN1c2cc(C)c(CNC(C)C)cc2C(C)CC1(C)C. The van der Waals surface area contributed by atoms with E-state index >= 15 is 0 Å². The molecule has 0 fully saturated rings. The van der Waals surface area contributed by atoms with Gasteiger partial charge in [0.25, 0.3) is 0 Å². The summed E-state index contributed by atoms with van der Waals surface area (Å²) in [5.74, 6) is 0.635. The van der Waals surface area contributed by atoms with E-state index < -0.39 is 0 Å². The number of nitrogens with zero attached hydrogens (tertiary/aromatic N) is 1. The van der Waals surface area contributed by atoms with Crippen LogP contribution in [0.15, 0.2) is 12.1 Å². The quantitative estimate of drug-likeness (QED) is 0.870. The van der Waals surface area contributed by atoms with Crippen LogP contribution in [0, 0.1) is 6.92 Å². The largest absolute Gasteiger partial charge is 0.366 e. The number of hydrogen-bond donors (Lipinski definition) is 1. The van der Waals surface area contributed by atoms with E-state index in [4.69, 9.17) is 0 Å². The molecular formula is C19H32N2. The molecule has 2 nitrogen and oxygen atoms in total. The third kappa shape index (κ3) is 3.26. The molecule has 1 aromatic carbocycles. The van der Waals surface area contributed by atoms with Gasteiger partial charge in [-0.15, -0.1) is 0 Å². The van der Waals surface area contributed by atoms with Crippen LogP contribution in [0.1, 0.15) is 70.6 Å². The van der Waals surface area contributed by atoms with Crippen molar-refractivity contribution in [3.05, 3.63) is 28.8 Å². The second-order valence-electron chi connectivity index (χ2n) is 7.53. The Bertz CT molecular complexity index is 503. The van der Waals surface area contributed by atoms with Gasteiger partial charge in [-0.05, 0) is 62.8 Å². The summed E-state index contributed by atoms with van der Waals surface area (Å²) in [6, 6.07) is 5.39. The molecular weight excluding hydrogens is 256 g/mol. The van der Waals surface area contributed by atoms with E-state index in [1.54, 1.807) is 0 Å². The van der Waals surface area contributed by atoms with E-state index in [-0.39, 0.29) is 5.54 Å². The average molecular weight is 288 g/mol. The van der Waals surface area contributed by atoms with Crippen molar-refractivity contribution in [3.8, 4) is 0 Å². The summed E-state index contributed by atoms with van der Waals surface area (Å²) in [6.07, 6.45) is 1.23. The molecule has 1 unspecified atom stereocenters. The summed E-state index contributed by atoms with van der Waals surface area (Å²) in [6.45, 7) is 18.1. The van der Waals surface area contributed by atoms with E-state index in [9.17, 15) is 0 Å². The lowest BCUT2D eigenvalue weighted by atomic mass is 9.79. The monoisotopic (exact) mass is 288 g/mol. The van der Waals surface area contributed by atoms with E-state index in [2.05, 4.69) is 70.8 Å². The Morgan fingerprint density at radius 1 is 1.33 bits per heavy atom. The minimum absolute atomic E-state index is 0.255. The minimum Gasteiger partial charge on any atom is -0.366 e. The van der Waals surface area contributed by atoms with E-state index in [1.165, 1.54) is 28.8 Å². The zero-order chi connectivity index (χ0) is 15.8. The summed E-state index contributed by atoms with van der Waals surface area (Å²) in [5, 5.41) is 3.55. The van der Waals surface area contributed by atoms with Crippen LogP contribution in [0.3, 0.4) is 0 Å². The molecule has 1 heterocycles. The summed E-state index contributed by atoms with van der Waals surface area (Å²) in [7, 11) is 0. The van der Waals surface area contributed by atoms with Crippen molar-refractivity contribution < 1.29 is 0 Å². The highest BCUT2D eigenvalue weighted by atomic mass is 15.2. The van der Waals surface area contributed by atoms with Gasteiger partial charge in [0.2, 0.25) is 0 Å². The van der Waals surface area contributed by atoms with Crippen molar-refractivity contribution in [2.24, 2.45) is 0 Å². The molecule has 0 saturated heterocycles. The van der Waals surface area contributed by atoms with Crippen LogP contribution >= 0.6 is 0 Å². The van der Waals surface area contributed by atoms with Crippen molar-refractivity contribution in [3.63, 3.8) is 0 Å². The van der Waals surface area contributed by atoms with Gasteiger partial charge in [0.1, 0.15) is 0 Å². The van der Waals surface area contributed by atoms with Crippen LogP contribution in [0.2, 0.25) is 0 Å². The van der Waals surface area contributed by atoms with Crippen LogP contribution in [0.25, 0.3) is 0 Å². The highest BCUT2D eigenvalue weighted by molar-refractivity contribution is 5.62. The Labute approximate surface area is 130 Å². The highest BCUT2D eigenvalue weighted by Gasteiger charge is 2.35. The maximum Gasteiger partial charge on any atom is 0.0408 e. The van der Waals surface area contributed by atoms with Gasteiger partial charge in [-0.2, -0.15) is 0 Å². The molecule has 0 amide bonds. The normalized spacial score (nSPS) is 20.8. The van der Waals surface area contributed by atoms with Crippen LogP contribution < -0.4 is 10.2 Å². The highest BCUT2D eigenvalue weighted by Crippen LogP contribution is 2.44. The van der Waals surface area contributed by atoms with Crippen molar-refractivity contribution in [2.45, 2.75) is 78.9 Å². The van der Waals surface area contributed by atoms with E-state index in [0.717, 1.165) is 13.1 Å². The number of hydrogen-bond acceptors (Lipinski definition) is 2. The Kier molecular flexibility index (Phi) is 4.67. The molecule has 21 heavy (non-hydrogen) atoms. The van der Waals surface area contributed by atoms with Crippen molar-refractivity contribution in [2.75, 3.05) is 11.4 Å². The first kappa shape index (κ1) is 16.4. The smallest absolute Gasteiger partial charge is 0.0408 e. The molecule has 0 spiro atoms. The molecule has 1 aromatic rings. The number of fused-ring (bicyclic) bond motifs is 1. The van der Waals surface area contributed by atoms with Crippen molar-refractivity contribution in [1.82, 2.24) is 5.32 Å². The molecule has 2 rings (SSSR count). The second kappa shape index (κ2) is 6.00. The fourth-order valence-corrected chi connectivity index (χ4v) is 3.78.